The summed E-state index contributed by atoms with van der Waals surface area (Å²) in [5, 5.41) is 0. The first-order valence-corrected chi connectivity index (χ1v) is 8.44. The predicted molar refractivity (Wildman–Crippen MR) is 76.3 cm³/mol. The summed E-state index contributed by atoms with van der Waals surface area (Å²) in [5.41, 5.74) is 0. The first-order chi connectivity index (χ1) is 8.71. The largest absolute Gasteiger partial charge is 0.468 e. The van der Waals surface area contributed by atoms with Crippen molar-refractivity contribution in [1.29, 1.82) is 0 Å². The predicted octanol–water partition coefficient (Wildman–Crippen LogP) is 1.93. The van der Waals surface area contributed by atoms with Crippen molar-refractivity contribution in [3.05, 3.63) is 0 Å². The van der Waals surface area contributed by atoms with Crippen molar-refractivity contribution in [2.75, 3.05) is 12.9 Å². The molecule has 0 saturated heterocycles. The number of ether oxygens (including phenoxy) is 1. The third-order valence-corrected chi connectivity index (χ3v) is 4.45. The van der Waals surface area contributed by atoms with Crippen LogP contribution in [0.25, 0.3) is 0 Å². The van der Waals surface area contributed by atoms with Crippen LogP contribution in [0, 0.1) is 11.8 Å². The van der Waals surface area contributed by atoms with E-state index in [1.165, 1.54) is 7.11 Å². The Bertz CT molecular complexity index is 365. The standard InChI is InChI=1S/C13H27NO4S/c1-6-7-11(4)9-19(16,17)14-12(8-10(2)3)13(15)18-5/h10-12,14H,6-9H2,1-5H3. The molecule has 19 heavy (non-hydrogen) atoms. The second kappa shape index (κ2) is 8.53. The molecular formula is C13H27NO4S. The van der Waals surface area contributed by atoms with Crippen molar-refractivity contribution in [2.24, 2.45) is 11.8 Å². The lowest BCUT2D eigenvalue weighted by molar-refractivity contribution is -0.143. The highest BCUT2D eigenvalue weighted by atomic mass is 32.2. The van der Waals surface area contributed by atoms with Gasteiger partial charge in [-0.1, -0.05) is 34.1 Å². The summed E-state index contributed by atoms with van der Waals surface area (Å²) in [5.74, 6) is -0.188. The maximum atomic E-state index is 12.0. The fourth-order valence-electron chi connectivity index (χ4n) is 2.02. The molecule has 0 aliphatic heterocycles. The van der Waals surface area contributed by atoms with Crippen molar-refractivity contribution >= 4 is 16.0 Å². The Kier molecular flexibility index (Phi) is 8.25. The Balaban J connectivity index is 4.68. The first-order valence-electron chi connectivity index (χ1n) is 6.79. The highest BCUT2D eigenvalue weighted by Gasteiger charge is 2.26. The van der Waals surface area contributed by atoms with Gasteiger partial charge in [0.15, 0.2) is 0 Å². The Morgan fingerprint density at radius 1 is 1.26 bits per heavy atom. The summed E-state index contributed by atoms with van der Waals surface area (Å²) >= 11 is 0. The van der Waals surface area contributed by atoms with Crippen molar-refractivity contribution in [1.82, 2.24) is 4.72 Å². The zero-order valence-corrected chi connectivity index (χ0v) is 13.4. The molecule has 0 radical (unpaired) electrons. The fraction of sp³-hybridized carbons (Fsp3) is 0.923. The number of sulfonamides is 1. The summed E-state index contributed by atoms with van der Waals surface area (Å²) in [4.78, 5) is 11.6. The Labute approximate surface area is 117 Å². The topological polar surface area (TPSA) is 72.5 Å². The summed E-state index contributed by atoms with van der Waals surface area (Å²) in [6.45, 7) is 7.79. The number of carbonyl (C=O) groups is 1. The minimum atomic E-state index is -3.45. The molecule has 114 valence electrons. The number of hydrogen-bond donors (Lipinski definition) is 1. The van der Waals surface area contributed by atoms with Gasteiger partial charge >= 0.3 is 5.97 Å². The zero-order chi connectivity index (χ0) is 15.1. The SMILES string of the molecule is CCCC(C)CS(=O)(=O)NC(CC(C)C)C(=O)OC. The summed E-state index contributed by atoms with van der Waals surface area (Å²) in [7, 11) is -2.19. The molecule has 0 aromatic carbocycles. The van der Waals surface area contributed by atoms with Crippen LogP contribution in [0.15, 0.2) is 0 Å². The van der Waals surface area contributed by atoms with Crippen molar-refractivity contribution < 1.29 is 17.9 Å². The number of rotatable bonds is 9. The van der Waals surface area contributed by atoms with Crippen molar-refractivity contribution in [3.8, 4) is 0 Å². The average Bonchev–Trinajstić information content (AvgIpc) is 2.25. The monoisotopic (exact) mass is 293 g/mol. The van der Waals surface area contributed by atoms with Gasteiger partial charge < -0.3 is 4.74 Å². The lowest BCUT2D eigenvalue weighted by atomic mass is 10.1. The molecule has 0 fully saturated rings. The number of methoxy groups -OCH3 is 1. The van der Waals surface area contributed by atoms with E-state index >= 15 is 0 Å². The van der Waals surface area contributed by atoms with Crippen LogP contribution in [0.1, 0.15) is 47.0 Å². The third kappa shape index (κ3) is 8.21. The number of hydrogen-bond acceptors (Lipinski definition) is 4. The van der Waals surface area contributed by atoms with Crippen LogP contribution in [-0.2, 0) is 19.6 Å². The Hall–Kier alpha value is -0.620. The van der Waals surface area contributed by atoms with Gasteiger partial charge in [0.2, 0.25) is 10.0 Å². The molecule has 0 heterocycles. The highest BCUT2D eigenvalue weighted by Crippen LogP contribution is 2.11. The second-order valence-corrected chi connectivity index (χ2v) is 7.30. The molecule has 0 rings (SSSR count). The molecule has 0 bridgehead atoms. The Morgan fingerprint density at radius 2 is 1.84 bits per heavy atom. The van der Waals surface area contributed by atoms with Crippen LogP contribution in [0.2, 0.25) is 0 Å². The van der Waals surface area contributed by atoms with Crippen LogP contribution in [-0.4, -0.2) is 33.3 Å². The number of esters is 1. The van der Waals surface area contributed by atoms with Gasteiger partial charge in [0.25, 0.3) is 0 Å². The molecular weight excluding hydrogens is 266 g/mol. The minimum Gasteiger partial charge on any atom is -0.468 e. The second-order valence-electron chi connectivity index (χ2n) is 5.50. The summed E-state index contributed by atoms with van der Waals surface area (Å²) < 4.78 is 31.1. The lowest BCUT2D eigenvalue weighted by Gasteiger charge is -2.19. The van der Waals surface area contributed by atoms with Gasteiger partial charge in [-0.3, -0.25) is 4.79 Å². The van der Waals surface area contributed by atoms with E-state index < -0.39 is 22.0 Å². The molecule has 0 saturated carbocycles. The van der Waals surface area contributed by atoms with E-state index in [9.17, 15) is 13.2 Å². The van der Waals surface area contributed by atoms with Crippen LogP contribution < -0.4 is 4.72 Å². The molecule has 0 spiro atoms. The minimum absolute atomic E-state index is 0.0480. The fourth-order valence-corrected chi connectivity index (χ4v) is 3.66. The molecule has 6 heteroatoms. The zero-order valence-electron chi connectivity index (χ0n) is 12.6. The van der Waals surface area contributed by atoms with E-state index in [4.69, 9.17) is 0 Å². The number of nitrogens with one attached hydrogen (secondary N) is 1. The van der Waals surface area contributed by atoms with Crippen molar-refractivity contribution in [2.45, 2.75) is 53.0 Å². The van der Waals surface area contributed by atoms with Crippen LogP contribution in [0.4, 0.5) is 0 Å². The third-order valence-electron chi connectivity index (χ3n) is 2.80. The molecule has 0 aromatic rings. The van der Waals surface area contributed by atoms with Crippen molar-refractivity contribution in [3.63, 3.8) is 0 Å². The quantitative estimate of drug-likeness (QED) is 0.659. The molecule has 0 aliphatic carbocycles. The first kappa shape index (κ1) is 18.4. The lowest BCUT2D eigenvalue weighted by Crippen LogP contribution is -2.44. The van der Waals surface area contributed by atoms with Gasteiger partial charge in [0, 0.05) is 0 Å². The smallest absolute Gasteiger partial charge is 0.323 e. The van der Waals surface area contributed by atoms with E-state index in [0.717, 1.165) is 12.8 Å². The summed E-state index contributed by atoms with van der Waals surface area (Å²) in [6, 6.07) is -0.788. The van der Waals surface area contributed by atoms with E-state index in [-0.39, 0.29) is 17.6 Å². The normalized spacial score (nSPS) is 15.3. The van der Waals surface area contributed by atoms with Gasteiger partial charge in [-0.15, -0.1) is 0 Å². The van der Waals surface area contributed by atoms with Gasteiger partial charge in [-0.25, -0.2) is 13.1 Å². The average molecular weight is 293 g/mol. The maximum Gasteiger partial charge on any atom is 0.323 e. The van der Waals surface area contributed by atoms with E-state index in [0.29, 0.717) is 6.42 Å². The maximum absolute atomic E-state index is 12.0. The van der Waals surface area contributed by atoms with Crippen LogP contribution in [0.3, 0.4) is 0 Å². The Morgan fingerprint density at radius 3 is 2.26 bits per heavy atom. The van der Waals surface area contributed by atoms with E-state index in [2.05, 4.69) is 9.46 Å². The van der Waals surface area contributed by atoms with Gasteiger partial charge in [0.1, 0.15) is 6.04 Å². The summed E-state index contributed by atoms with van der Waals surface area (Å²) in [6.07, 6.45) is 2.24. The molecule has 0 amide bonds. The molecule has 2 atom stereocenters. The molecule has 0 aliphatic rings. The van der Waals surface area contributed by atoms with Crippen LogP contribution >= 0.6 is 0 Å². The molecule has 5 nitrogen and oxygen atoms in total. The van der Waals surface area contributed by atoms with Gasteiger partial charge in [0.05, 0.1) is 12.9 Å². The molecule has 1 N–H and O–H groups in total. The van der Waals surface area contributed by atoms with Gasteiger partial charge in [-0.05, 0) is 24.7 Å². The van der Waals surface area contributed by atoms with E-state index in [1.54, 1.807) is 0 Å². The number of carbonyl (C=O) groups excluding carboxylic acids is 1. The van der Waals surface area contributed by atoms with Crippen LogP contribution in [0.5, 0.6) is 0 Å². The molecule has 2 unspecified atom stereocenters. The van der Waals surface area contributed by atoms with Gasteiger partial charge in [-0.2, -0.15) is 0 Å². The van der Waals surface area contributed by atoms with E-state index in [1.807, 2.05) is 27.7 Å². The molecule has 0 aromatic heterocycles. The highest BCUT2D eigenvalue weighted by molar-refractivity contribution is 7.89.